The van der Waals surface area contributed by atoms with Gasteiger partial charge in [0.25, 0.3) is 5.91 Å². The average Bonchev–Trinajstić information content (AvgIpc) is 2.97. The van der Waals surface area contributed by atoms with Crippen molar-refractivity contribution in [1.29, 1.82) is 0 Å². The van der Waals surface area contributed by atoms with E-state index in [1.807, 2.05) is 12.1 Å². The van der Waals surface area contributed by atoms with Crippen molar-refractivity contribution in [3.8, 4) is 11.3 Å². The quantitative estimate of drug-likeness (QED) is 0.801. The van der Waals surface area contributed by atoms with Crippen LogP contribution in [0.2, 0.25) is 5.02 Å². The summed E-state index contributed by atoms with van der Waals surface area (Å²) in [6.45, 7) is 0. The van der Waals surface area contributed by atoms with Crippen molar-refractivity contribution in [3.05, 3.63) is 65.4 Å². The molecule has 5 nitrogen and oxygen atoms in total. The van der Waals surface area contributed by atoms with Crippen LogP contribution in [0.1, 0.15) is 10.4 Å². The smallest absolute Gasteiger partial charge is 0.259 e. The molecule has 0 saturated heterocycles. The monoisotopic (exact) mass is 299 g/mol. The largest absolute Gasteiger partial charge is 0.338 e. The Morgan fingerprint density at radius 3 is 2.71 bits per heavy atom. The predicted molar refractivity (Wildman–Crippen MR) is 79.1 cm³/mol. The topological polar surface area (TPSA) is 68.0 Å². The third kappa shape index (κ3) is 3.09. The number of benzene rings is 1. The van der Waals surface area contributed by atoms with Crippen LogP contribution in [0.15, 0.2) is 59.4 Å². The molecule has 0 spiro atoms. The fourth-order valence-electron chi connectivity index (χ4n) is 1.77. The van der Waals surface area contributed by atoms with E-state index in [0.717, 1.165) is 5.56 Å². The van der Waals surface area contributed by atoms with Crippen LogP contribution in [0.5, 0.6) is 0 Å². The van der Waals surface area contributed by atoms with Gasteiger partial charge in [-0.1, -0.05) is 28.9 Å². The SMILES string of the molecule is O=C(Nc1cc(-c2ccc(Cl)cc2)no1)c1cccnc1. The summed E-state index contributed by atoms with van der Waals surface area (Å²) in [6, 6.07) is 12.2. The van der Waals surface area contributed by atoms with Crippen LogP contribution in [-0.2, 0) is 0 Å². The maximum absolute atomic E-state index is 11.9. The van der Waals surface area contributed by atoms with Crippen LogP contribution in [0.4, 0.5) is 5.88 Å². The summed E-state index contributed by atoms with van der Waals surface area (Å²) < 4.78 is 5.11. The van der Waals surface area contributed by atoms with Gasteiger partial charge in [0.2, 0.25) is 5.88 Å². The molecule has 0 bridgehead atoms. The number of nitrogens with zero attached hydrogens (tertiary/aromatic N) is 2. The Balaban J connectivity index is 1.76. The fourth-order valence-corrected chi connectivity index (χ4v) is 1.90. The van der Waals surface area contributed by atoms with Gasteiger partial charge in [0, 0.05) is 29.0 Å². The second kappa shape index (κ2) is 5.76. The molecule has 0 fully saturated rings. The lowest BCUT2D eigenvalue weighted by molar-refractivity contribution is 0.102. The fraction of sp³-hybridized carbons (Fsp3) is 0. The molecule has 3 rings (SSSR count). The van der Waals surface area contributed by atoms with Crippen molar-refractivity contribution in [3.63, 3.8) is 0 Å². The van der Waals surface area contributed by atoms with Gasteiger partial charge in [-0.3, -0.25) is 15.1 Å². The molecule has 0 aliphatic carbocycles. The standard InChI is InChI=1S/C15H10ClN3O2/c16-12-5-3-10(4-6-12)13-8-14(21-19-13)18-15(20)11-2-1-7-17-9-11/h1-9H,(H,18,20). The molecule has 0 saturated carbocycles. The number of hydrogen-bond acceptors (Lipinski definition) is 4. The molecule has 104 valence electrons. The van der Waals surface area contributed by atoms with Crippen LogP contribution >= 0.6 is 11.6 Å². The van der Waals surface area contributed by atoms with Crippen molar-refractivity contribution in [2.45, 2.75) is 0 Å². The summed E-state index contributed by atoms with van der Waals surface area (Å²) >= 11 is 5.83. The first-order valence-corrected chi connectivity index (χ1v) is 6.54. The summed E-state index contributed by atoms with van der Waals surface area (Å²) in [5.41, 5.74) is 1.92. The number of aromatic nitrogens is 2. The Kier molecular flexibility index (Phi) is 3.66. The van der Waals surface area contributed by atoms with Crippen LogP contribution < -0.4 is 5.32 Å². The van der Waals surface area contributed by atoms with E-state index in [-0.39, 0.29) is 11.8 Å². The molecule has 0 aliphatic rings. The van der Waals surface area contributed by atoms with Gasteiger partial charge < -0.3 is 4.52 Å². The number of amides is 1. The first-order chi connectivity index (χ1) is 10.2. The maximum atomic E-state index is 11.9. The Labute approximate surface area is 125 Å². The van der Waals surface area contributed by atoms with E-state index in [0.29, 0.717) is 16.3 Å². The second-order valence-corrected chi connectivity index (χ2v) is 4.72. The zero-order valence-corrected chi connectivity index (χ0v) is 11.5. The van der Waals surface area contributed by atoms with Crippen LogP contribution in [0, 0.1) is 0 Å². The van der Waals surface area contributed by atoms with Crippen molar-refractivity contribution < 1.29 is 9.32 Å². The van der Waals surface area contributed by atoms with Gasteiger partial charge in [-0.05, 0) is 24.3 Å². The number of pyridine rings is 1. The molecular formula is C15H10ClN3O2. The lowest BCUT2D eigenvalue weighted by Gasteiger charge is -1.99. The van der Waals surface area contributed by atoms with Gasteiger partial charge in [-0.25, -0.2) is 0 Å². The molecule has 1 amide bonds. The van der Waals surface area contributed by atoms with Crippen molar-refractivity contribution in [1.82, 2.24) is 10.1 Å². The summed E-state index contributed by atoms with van der Waals surface area (Å²) in [6.07, 6.45) is 3.08. The predicted octanol–water partition coefficient (Wildman–Crippen LogP) is 3.64. The lowest BCUT2D eigenvalue weighted by atomic mass is 10.1. The van der Waals surface area contributed by atoms with Gasteiger partial charge in [0.15, 0.2) is 0 Å². The molecular weight excluding hydrogens is 290 g/mol. The molecule has 3 aromatic rings. The Morgan fingerprint density at radius 2 is 2.00 bits per heavy atom. The van der Waals surface area contributed by atoms with E-state index < -0.39 is 0 Å². The van der Waals surface area contributed by atoms with E-state index in [9.17, 15) is 4.79 Å². The average molecular weight is 300 g/mol. The molecule has 0 atom stereocenters. The van der Waals surface area contributed by atoms with Gasteiger partial charge in [-0.2, -0.15) is 0 Å². The number of carbonyl (C=O) groups excluding carboxylic acids is 1. The highest BCUT2D eigenvalue weighted by Crippen LogP contribution is 2.23. The molecule has 6 heteroatoms. The van der Waals surface area contributed by atoms with Crippen LogP contribution in [0.25, 0.3) is 11.3 Å². The zero-order chi connectivity index (χ0) is 14.7. The molecule has 1 N–H and O–H groups in total. The van der Waals surface area contributed by atoms with Crippen LogP contribution in [-0.4, -0.2) is 16.0 Å². The Hall–Kier alpha value is -2.66. The number of hydrogen-bond donors (Lipinski definition) is 1. The molecule has 0 unspecified atom stereocenters. The highest BCUT2D eigenvalue weighted by atomic mass is 35.5. The van der Waals surface area contributed by atoms with Crippen molar-refractivity contribution in [2.75, 3.05) is 5.32 Å². The van der Waals surface area contributed by atoms with Crippen LogP contribution in [0.3, 0.4) is 0 Å². The normalized spacial score (nSPS) is 10.3. The number of nitrogens with one attached hydrogen (secondary N) is 1. The number of rotatable bonds is 3. The molecule has 2 heterocycles. The second-order valence-electron chi connectivity index (χ2n) is 4.28. The number of carbonyl (C=O) groups is 1. The van der Waals surface area contributed by atoms with E-state index in [1.165, 1.54) is 6.20 Å². The first kappa shape index (κ1) is 13.3. The van der Waals surface area contributed by atoms with E-state index >= 15 is 0 Å². The summed E-state index contributed by atoms with van der Waals surface area (Å²) in [5, 5.41) is 7.19. The minimum absolute atomic E-state index is 0.272. The van der Waals surface area contributed by atoms with Gasteiger partial charge in [0.1, 0.15) is 5.69 Å². The molecule has 0 aliphatic heterocycles. The van der Waals surface area contributed by atoms with E-state index in [1.54, 1.807) is 36.5 Å². The highest BCUT2D eigenvalue weighted by molar-refractivity contribution is 6.30. The minimum Gasteiger partial charge on any atom is -0.338 e. The molecule has 0 radical (unpaired) electrons. The molecule has 21 heavy (non-hydrogen) atoms. The minimum atomic E-state index is -0.304. The van der Waals surface area contributed by atoms with Gasteiger partial charge in [0.05, 0.1) is 5.56 Å². The molecule has 2 aromatic heterocycles. The third-order valence-electron chi connectivity index (χ3n) is 2.81. The summed E-state index contributed by atoms with van der Waals surface area (Å²) in [7, 11) is 0. The zero-order valence-electron chi connectivity index (χ0n) is 10.8. The van der Waals surface area contributed by atoms with E-state index in [4.69, 9.17) is 16.1 Å². The highest BCUT2D eigenvalue weighted by Gasteiger charge is 2.11. The Morgan fingerprint density at radius 1 is 1.19 bits per heavy atom. The maximum Gasteiger partial charge on any atom is 0.259 e. The summed E-state index contributed by atoms with van der Waals surface area (Å²) in [5.74, 6) is -0.0318. The first-order valence-electron chi connectivity index (χ1n) is 6.16. The number of anilines is 1. The van der Waals surface area contributed by atoms with Crippen molar-refractivity contribution >= 4 is 23.4 Å². The van der Waals surface area contributed by atoms with Gasteiger partial charge in [-0.15, -0.1) is 0 Å². The van der Waals surface area contributed by atoms with Gasteiger partial charge >= 0.3 is 0 Å². The lowest BCUT2D eigenvalue weighted by Crippen LogP contribution is -2.11. The number of halogens is 1. The Bertz CT molecular complexity index is 754. The van der Waals surface area contributed by atoms with Crippen molar-refractivity contribution in [2.24, 2.45) is 0 Å². The third-order valence-corrected chi connectivity index (χ3v) is 3.06. The molecule has 1 aromatic carbocycles. The van der Waals surface area contributed by atoms with E-state index in [2.05, 4.69) is 15.5 Å². The summed E-state index contributed by atoms with van der Waals surface area (Å²) in [4.78, 5) is 15.8.